The number of aromatic nitrogens is 3. The summed E-state index contributed by atoms with van der Waals surface area (Å²) in [5.74, 6) is -0.290. The van der Waals surface area contributed by atoms with Crippen molar-refractivity contribution < 1.29 is 8.78 Å². The Morgan fingerprint density at radius 3 is 2.67 bits per heavy atom. The molecule has 0 unspecified atom stereocenters. The highest BCUT2D eigenvalue weighted by atomic mass is 35.5. The third kappa shape index (κ3) is 3.58. The van der Waals surface area contributed by atoms with Gasteiger partial charge in [-0.3, -0.25) is 5.10 Å². The van der Waals surface area contributed by atoms with E-state index in [0.29, 0.717) is 12.2 Å². The Bertz CT molecular complexity index is 927. The van der Waals surface area contributed by atoms with Crippen molar-refractivity contribution in [1.29, 1.82) is 0 Å². The predicted octanol–water partition coefficient (Wildman–Crippen LogP) is 4.35. The van der Waals surface area contributed by atoms with Crippen molar-refractivity contribution in [3.05, 3.63) is 80.8 Å². The molecular formula is C16H11ClF2N4S. The van der Waals surface area contributed by atoms with Crippen LogP contribution in [0.4, 0.5) is 8.78 Å². The van der Waals surface area contributed by atoms with Crippen molar-refractivity contribution >= 4 is 30.0 Å². The smallest absolute Gasteiger partial charge is 0.216 e. The van der Waals surface area contributed by atoms with Crippen LogP contribution < -0.4 is 0 Å². The number of halogens is 3. The van der Waals surface area contributed by atoms with Gasteiger partial charge < -0.3 is 0 Å². The van der Waals surface area contributed by atoms with Gasteiger partial charge in [0.15, 0.2) is 5.82 Å². The van der Waals surface area contributed by atoms with Gasteiger partial charge in [0, 0.05) is 12.0 Å². The van der Waals surface area contributed by atoms with Gasteiger partial charge in [0.1, 0.15) is 11.6 Å². The molecule has 24 heavy (non-hydrogen) atoms. The Morgan fingerprint density at radius 1 is 1.21 bits per heavy atom. The van der Waals surface area contributed by atoms with E-state index in [9.17, 15) is 8.78 Å². The number of benzene rings is 2. The Hall–Kier alpha value is -2.38. The van der Waals surface area contributed by atoms with Crippen molar-refractivity contribution in [2.45, 2.75) is 6.42 Å². The summed E-state index contributed by atoms with van der Waals surface area (Å²) >= 11 is 11.1. The van der Waals surface area contributed by atoms with Gasteiger partial charge in [0.05, 0.1) is 11.2 Å². The van der Waals surface area contributed by atoms with Crippen LogP contribution >= 0.6 is 23.8 Å². The van der Waals surface area contributed by atoms with Gasteiger partial charge in [-0.1, -0.05) is 29.8 Å². The Morgan fingerprint density at radius 2 is 1.96 bits per heavy atom. The van der Waals surface area contributed by atoms with Crippen LogP contribution in [0.15, 0.2) is 47.6 Å². The van der Waals surface area contributed by atoms with Gasteiger partial charge in [-0.2, -0.15) is 14.9 Å². The van der Waals surface area contributed by atoms with E-state index >= 15 is 0 Å². The fourth-order valence-corrected chi connectivity index (χ4v) is 2.50. The van der Waals surface area contributed by atoms with Crippen LogP contribution in [0.1, 0.15) is 17.0 Å². The van der Waals surface area contributed by atoms with Crippen molar-refractivity contribution in [3.63, 3.8) is 0 Å². The lowest BCUT2D eigenvalue weighted by atomic mass is 10.1. The Balaban J connectivity index is 1.92. The summed E-state index contributed by atoms with van der Waals surface area (Å²) in [4.78, 5) is 0. The molecule has 0 aliphatic rings. The summed E-state index contributed by atoms with van der Waals surface area (Å²) in [7, 11) is 0. The fourth-order valence-electron chi connectivity index (χ4n) is 2.09. The minimum Gasteiger partial charge on any atom is -0.250 e. The van der Waals surface area contributed by atoms with Gasteiger partial charge >= 0.3 is 0 Å². The van der Waals surface area contributed by atoms with Gasteiger partial charge in [0.2, 0.25) is 4.77 Å². The normalized spacial score (nSPS) is 11.3. The van der Waals surface area contributed by atoms with E-state index in [0.717, 1.165) is 5.56 Å². The van der Waals surface area contributed by atoms with Gasteiger partial charge in [-0.25, -0.2) is 8.78 Å². The second kappa shape index (κ2) is 7.02. The van der Waals surface area contributed by atoms with Crippen LogP contribution in [0.2, 0.25) is 5.02 Å². The first kappa shape index (κ1) is 16.5. The molecule has 8 heteroatoms. The maximum atomic E-state index is 13.8. The zero-order valence-corrected chi connectivity index (χ0v) is 13.8. The molecular weight excluding hydrogens is 354 g/mol. The molecule has 1 aromatic heterocycles. The molecule has 0 atom stereocenters. The molecule has 0 amide bonds. The third-order valence-electron chi connectivity index (χ3n) is 3.29. The third-order valence-corrected chi connectivity index (χ3v) is 3.89. The highest BCUT2D eigenvalue weighted by Crippen LogP contribution is 2.17. The molecule has 4 nitrogen and oxygen atoms in total. The first-order valence-corrected chi connectivity index (χ1v) is 7.72. The van der Waals surface area contributed by atoms with Crippen LogP contribution in [0.5, 0.6) is 0 Å². The van der Waals surface area contributed by atoms with Gasteiger partial charge in [-0.05, 0) is 42.0 Å². The first-order chi connectivity index (χ1) is 11.5. The van der Waals surface area contributed by atoms with E-state index < -0.39 is 5.82 Å². The quantitative estimate of drug-likeness (QED) is 0.552. The summed E-state index contributed by atoms with van der Waals surface area (Å²) in [5, 5.41) is 11.1. The SMILES string of the molecule is Fc1ccc(Cc2n[nH]c(=S)n2/N=C\c2c(F)cccc2Cl)cc1. The number of aromatic amines is 1. The maximum Gasteiger partial charge on any atom is 0.216 e. The average molecular weight is 365 g/mol. The number of rotatable bonds is 4. The van der Waals surface area contributed by atoms with Gasteiger partial charge in [0.25, 0.3) is 0 Å². The lowest BCUT2D eigenvalue weighted by molar-refractivity contribution is 0.625. The molecule has 122 valence electrons. The molecule has 0 aliphatic heterocycles. The molecule has 0 fully saturated rings. The Labute approximate surface area is 146 Å². The monoisotopic (exact) mass is 364 g/mol. The molecule has 0 radical (unpaired) electrons. The minimum absolute atomic E-state index is 0.162. The second-order valence-electron chi connectivity index (χ2n) is 4.94. The summed E-state index contributed by atoms with van der Waals surface area (Å²) in [6.07, 6.45) is 1.67. The zero-order valence-electron chi connectivity index (χ0n) is 12.2. The molecule has 0 saturated heterocycles. The lowest BCUT2D eigenvalue weighted by Crippen LogP contribution is -2.01. The van der Waals surface area contributed by atoms with E-state index in [1.54, 1.807) is 18.2 Å². The lowest BCUT2D eigenvalue weighted by Gasteiger charge is -2.03. The molecule has 1 heterocycles. The van der Waals surface area contributed by atoms with Crippen molar-refractivity contribution in [3.8, 4) is 0 Å². The molecule has 3 aromatic rings. The Kier molecular flexibility index (Phi) is 4.82. The fraction of sp³-hybridized carbons (Fsp3) is 0.0625. The van der Waals surface area contributed by atoms with Gasteiger partial charge in [-0.15, -0.1) is 0 Å². The van der Waals surface area contributed by atoms with E-state index in [4.69, 9.17) is 23.8 Å². The predicted molar refractivity (Wildman–Crippen MR) is 91.0 cm³/mol. The second-order valence-corrected chi connectivity index (χ2v) is 5.73. The summed E-state index contributed by atoms with van der Waals surface area (Å²) < 4.78 is 28.4. The summed E-state index contributed by atoms with van der Waals surface area (Å²) in [5.41, 5.74) is 1.00. The first-order valence-electron chi connectivity index (χ1n) is 6.93. The number of H-pyrrole nitrogens is 1. The molecule has 1 N–H and O–H groups in total. The summed E-state index contributed by atoms with van der Waals surface area (Å²) in [6, 6.07) is 10.4. The molecule has 0 saturated carbocycles. The van der Waals surface area contributed by atoms with Crippen molar-refractivity contribution in [1.82, 2.24) is 14.9 Å². The molecule has 3 rings (SSSR count). The molecule has 2 aromatic carbocycles. The van der Waals surface area contributed by atoms with Crippen LogP contribution in [0, 0.1) is 16.4 Å². The number of nitrogens with zero attached hydrogens (tertiary/aromatic N) is 3. The topological polar surface area (TPSA) is 46.0 Å². The average Bonchev–Trinajstić information content (AvgIpc) is 2.89. The van der Waals surface area contributed by atoms with E-state index in [1.165, 1.54) is 35.2 Å². The van der Waals surface area contributed by atoms with Crippen molar-refractivity contribution in [2.75, 3.05) is 0 Å². The highest BCUT2D eigenvalue weighted by Gasteiger charge is 2.08. The minimum atomic E-state index is -0.485. The number of hydrogen-bond donors (Lipinski definition) is 1. The molecule has 0 bridgehead atoms. The van der Waals surface area contributed by atoms with Crippen LogP contribution in [0.3, 0.4) is 0 Å². The van der Waals surface area contributed by atoms with Crippen LogP contribution in [-0.4, -0.2) is 21.1 Å². The maximum absolute atomic E-state index is 13.8. The zero-order chi connectivity index (χ0) is 17.1. The number of hydrogen-bond acceptors (Lipinski definition) is 3. The largest absolute Gasteiger partial charge is 0.250 e. The molecule has 0 spiro atoms. The standard InChI is InChI=1S/C16H11ClF2N4S/c17-13-2-1-3-14(19)12(13)9-20-23-15(21-22-16(23)24)8-10-4-6-11(18)7-5-10/h1-7,9H,8H2,(H,22,24)/b20-9-. The van der Waals surface area contributed by atoms with Crippen molar-refractivity contribution in [2.24, 2.45) is 5.10 Å². The van der Waals surface area contributed by atoms with Crippen LogP contribution in [0.25, 0.3) is 0 Å². The van der Waals surface area contributed by atoms with E-state index in [-0.39, 0.29) is 21.2 Å². The van der Waals surface area contributed by atoms with Crippen LogP contribution in [-0.2, 0) is 6.42 Å². The van der Waals surface area contributed by atoms with E-state index in [2.05, 4.69) is 15.3 Å². The highest BCUT2D eigenvalue weighted by molar-refractivity contribution is 7.71. The molecule has 0 aliphatic carbocycles. The van der Waals surface area contributed by atoms with E-state index in [1.807, 2.05) is 0 Å². The number of nitrogens with one attached hydrogen (secondary N) is 1. The summed E-state index contributed by atoms with van der Waals surface area (Å²) in [6.45, 7) is 0.